The van der Waals surface area contributed by atoms with Gasteiger partial charge in [0.1, 0.15) is 18.2 Å². The predicted molar refractivity (Wildman–Crippen MR) is 246 cm³/mol. The minimum Gasteiger partial charge on any atom is -0.350 e. The number of aliphatic imine (C=N–C) groups is 1. The van der Waals surface area contributed by atoms with Crippen LogP contribution >= 0.6 is 0 Å². The maximum atomic E-state index is 5.22. The number of benzene rings is 9. The standard InChI is InChI=1S/C55H40N4/c1-3-14-37(15-4-1)43-19-13-20-44(36-43)55-57-53(41-17-5-2-6-18-41)56-54(58-55)42-28-26-40(27-29-42)52-46-21-8-7-16-38(46)32-35-47(52)39-30-33-45(34-31-39)59-50-24-11-9-22-48(50)49-23-10-12-25-51(49)59/h1-36,53-54,56H,(H,57,58). The third-order valence-electron chi connectivity index (χ3n) is 11.7. The molecule has 2 atom stereocenters. The molecule has 0 amide bonds. The van der Waals surface area contributed by atoms with Crippen molar-refractivity contribution in [3.05, 3.63) is 235 Å². The summed E-state index contributed by atoms with van der Waals surface area (Å²) in [6.45, 7) is 0. The van der Waals surface area contributed by atoms with E-state index in [1.165, 1.54) is 60.4 Å². The molecule has 0 aliphatic carbocycles. The van der Waals surface area contributed by atoms with E-state index in [-0.39, 0.29) is 12.3 Å². The third-order valence-corrected chi connectivity index (χ3v) is 11.7. The maximum Gasteiger partial charge on any atom is 0.131 e. The van der Waals surface area contributed by atoms with E-state index >= 15 is 0 Å². The summed E-state index contributed by atoms with van der Waals surface area (Å²) in [4.78, 5) is 5.22. The van der Waals surface area contributed by atoms with Crippen molar-refractivity contribution >= 4 is 38.4 Å². The van der Waals surface area contributed by atoms with Crippen LogP contribution in [0.5, 0.6) is 0 Å². The molecule has 0 bridgehead atoms. The van der Waals surface area contributed by atoms with Crippen molar-refractivity contribution in [2.45, 2.75) is 12.3 Å². The van der Waals surface area contributed by atoms with Gasteiger partial charge in [0.05, 0.1) is 11.0 Å². The van der Waals surface area contributed by atoms with Gasteiger partial charge in [-0.15, -0.1) is 0 Å². The summed E-state index contributed by atoms with van der Waals surface area (Å²) in [6, 6.07) is 78.4. The highest BCUT2D eigenvalue weighted by molar-refractivity contribution is 6.09. The number of fused-ring (bicyclic) bond motifs is 4. The molecule has 0 fully saturated rings. The van der Waals surface area contributed by atoms with Crippen LogP contribution in [0.1, 0.15) is 29.0 Å². The zero-order valence-electron chi connectivity index (χ0n) is 32.3. The van der Waals surface area contributed by atoms with E-state index in [2.05, 4.69) is 234 Å². The summed E-state index contributed by atoms with van der Waals surface area (Å²) < 4.78 is 2.38. The van der Waals surface area contributed by atoms with Gasteiger partial charge in [0.2, 0.25) is 0 Å². The molecule has 2 heterocycles. The first-order valence-electron chi connectivity index (χ1n) is 20.3. The molecular formula is C55H40N4. The SMILES string of the molecule is c1ccc(-c2cccc(C3=NC(c4ccccc4)NC(c4ccc(-c5c(-c6ccc(-n7c8ccccc8c8ccccc87)cc6)ccc6ccccc56)cc4)N3)c2)cc1. The Balaban J connectivity index is 0.956. The van der Waals surface area contributed by atoms with Crippen LogP contribution in [0.3, 0.4) is 0 Å². The molecule has 59 heavy (non-hydrogen) atoms. The predicted octanol–water partition coefficient (Wildman–Crippen LogP) is 13.3. The molecule has 2 N–H and O–H groups in total. The third kappa shape index (κ3) is 6.37. The van der Waals surface area contributed by atoms with E-state index in [0.717, 1.165) is 33.8 Å². The van der Waals surface area contributed by atoms with Gasteiger partial charge in [-0.05, 0) is 85.6 Å². The minimum atomic E-state index is -0.215. The molecule has 0 radical (unpaired) electrons. The van der Waals surface area contributed by atoms with Gasteiger partial charge in [0.15, 0.2) is 0 Å². The summed E-state index contributed by atoms with van der Waals surface area (Å²) in [7, 11) is 0. The smallest absolute Gasteiger partial charge is 0.131 e. The number of nitrogens with zero attached hydrogens (tertiary/aromatic N) is 2. The van der Waals surface area contributed by atoms with Crippen LogP contribution in [-0.4, -0.2) is 10.4 Å². The lowest BCUT2D eigenvalue weighted by atomic mass is 9.89. The highest BCUT2D eigenvalue weighted by Crippen LogP contribution is 2.40. The molecule has 4 heteroatoms. The number of nitrogens with one attached hydrogen (secondary N) is 2. The molecule has 11 rings (SSSR count). The van der Waals surface area contributed by atoms with Crippen molar-refractivity contribution < 1.29 is 0 Å². The lowest BCUT2D eigenvalue weighted by Crippen LogP contribution is -2.44. The first-order chi connectivity index (χ1) is 29.2. The Hall–Kier alpha value is -7.53. The minimum absolute atomic E-state index is 0.164. The molecule has 10 aromatic rings. The fraction of sp³-hybridized carbons (Fsp3) is 0.0364. The average molecular weight is 757 g/mol. The molecule has 0 saturated heterocycles. The number of amidine groups is 1. The van der Waals surface area contributed by atoms with Gasteiger partial charge in [-0.2, -0.15) is 0 Å². The van der Waals surface area contributed by atoms with Crippen molar-refractivity contribution in [2.75, 3.05) is 0 Å². The fourth-order valence-corrected chi connectivity index (χ4v) is 8.82. The molecule has 2 unspecified atom stereocenters. The largest absolute Gasteiger partial charge is 0.350 e. The Morgan fingerprint density at radius 2 is 1.00 bits per heavy atom. The number of aromatic nitrogens is 1. The summed E-state index contributed by atoms with van der Waals surface area (Å²) >= 11 is 0. The van der Waals surface area contributed by atoms with Crippen LogP contribution in [0.25, 0.3) is 71.6 Å². The highest BCUT2D eigenvalue weighted by atomic mass is 15.3. The van der Waals surface area contributed by atoms with Gasteiger partial charge < -0.3 is 9.88 Å². The van der Waals surface area contributed by atoms with E-state index < -0.39 is 0 Å². The van der Waals surface area contributed by atoms with Crippen molar-refractivity contribution in [1.82, 2.24) is 15.2 Å². The summed E-state index contributed by atoms with van der Waals surface area (Å²) in [6.07, 6.45) is -0.379. The van der Waals surface area contributed by atoms with Gasteiger partial charge in [-0.1, -0.05) is 188 Å². The quantitative estimate of drug-likeness (QED) is 0.170. The topological polar surface area (TPSA) is 41.4 Å². The van der Waals surface area contributed by atoms with Crippen LogP contribution in [-0.2, 0) is 0 Å². The number of hydrogen-bond acceptors (Lipinski definition) is 3. The fourth-order valence-electron chi connectivity index (χ4n) is 8.82. The molecule has 9 aromatic carbocycles. The van der Waals surface area contributed by atoms with Crippen LogP contribution < -0.4 is 10.6 Å². The number of para-hydroxylation sites is 2. The van der Waals surface area contributed by atoms with Crippen LogP contribution in [0.15, 0.2) is 223 Å². The van der Waals surface area contributed by atoms with Gasteiger partial charge in [0.25, 0.3) is 0 Å². The van der Waals surface area contributed by atoms with E-state index in [1.54, 1.807) is 0 Å². The normalized spacial score (nSPS) is 15.3. The van der Waals surface area contributed by atoms with Gasteiger partial charge in [-0.25, -0.2) is 4.99 Å². The van der Waals surface area contributed by atoms with Crippen LogP contribution in [0, 0.1) is 0 Å². The van der Waals surface area contributed by atoms with Crippen molar-refractivity contribution in [3.8, 4) is 39.1 Å². The molecule has 1 aromatic heterocycles. The average Bonchev–Trinajstić information content (AvgIpc) is 3.66. The molecular weight excluding hydrogens is 717 g/mol. The molecule has 1 aliphatic rings. The van der Waals surface area contributed by atoms with Crippen molar-refractivity contribution in [2.24, 2.45) is 4.99 Å². The lowest BCUT2D eigenvalue weighted by Gasteiger charge is -2.32. The molecule has 0 spiro atoms. The molecule has 4 nitrogen and oxygen atoms in total. The summed E-state index contributed by atoms with van der Waals surface area (Å²) in [5.41, 5.74) is 14.0. The van der Waals surface area contributed by atoms with Gasteiger partial charge >= 0.3 is 0 Å². The highest BCUT2D eigenvalue weighted by Gasteiger charge is 2.26. The number of hydrogen-bond donors (Lipinski definition) is 2. The summed E-state index contributed by atoms with van der Waals surface area (Å²) in [5.74, 6) is 0.866. The monoisotopic (exact) mass is 756 g/mol. The summed E-state index contributed by atoms with van der Waals surface area (Å²) in [5, 5.41) is 12.5. The zero-order chi connectivity index (χ0) is 39.1. The molecule has 0 saturated carbocycles. The van der Waals surface area contributed by atoms with Crippen molar-refractivity contribution in [1.29, 1.82) is 0 Å². The van der Waals surface area contributed by atoms with E-state index in [1.807, 2.05) is 0 Å². The number of rotatable bonds is 7. The lowest BCUT2D eigenvalue weighted by molar-refractivity contribution is 0.409. The Kier molecular flexibility index (Phi) is 8.68. The zero-order valence-corrected chi connectivity index (χ0v) is 32.3. The van der Waals surface area contributed by atoms with E-state index in [4.69, 9.17) is 4.99 Å². The van der Waals surface area contributed by atoms with Gasteiger partial charge in [-0.3, -0.25) is 5.32 Å². The van der Waals surface area contributed by atoms with Gasteiger partial charge in [0, 0.05) is 22.0 Å². The first-order valence-corrected chi connectivity index (χ1v) is 20.3. The second-order valence-electron chi connectivity index (χ2n) is 15.2. The van der Waals surface area contributed by atoms with E-state index in [0.29, 0.717) is 0 Å². The van der Waals surface area contributed by atoms with Crippen LogP contribution in [0.4, 0.5) is 0 Å². The Morgan fingerprint density at radius 3 is 1.73 bits per heavy atom. The Labute approximate surface area is 343 Å². The second kappa shape index (κ2) is 14.8. The molecule has 1 aliphatic heterocycles. The van der Waals surface area contributed by atoms with E-state index in [9.17, 15) is 0 Å². The van der Waals surface area contributed by atoms with Crippen molar-refractivity contribution in [3.63, 3.8) is 0 Å². The Bertz CT molecular complexity index is 3090. The van der Waals surface area contributed by atoms with Crippen LogP contribution in [0.2, 0.25) is 0 Å². The second-order valence-corrected chi connectivity index (χ2v) is 15.2. The first kappa shape index (κ1) is 34.7. The molecule has 280 valence electrons. The maximum absolute atomic E-state index is 5.22. The Morgan fingerprint density at radius 1 is 0.407 bits per heavy atom.